The molecule has 1 unspecified atom stereocenters. The van der Waals surface area contributed by atoms with Crippen LogP contribution in [0.5, 0.6) is 11.5 Å². The van der Waals surface area contributed by atoms with Gasteiger partial charge >= 0.3 is 0 Å². The smallest absolute Gasteiger partial charge is 0.243 e. The number of hydrogen-bond donors (Lipinski definition) is 1. The highest BCUT2D eigenvalue weighted by Crippen LogP contribution is 2.36. The number of ether oxygens (including phenoxy) is 2. The third-order valence-corrected chi connectivity index (χ3v) is 9.00. The van der Waals surface area contributed by atoms with Crippen LogP contribution in [0.1, 0.15) is 63.9 Å². The monoisotopic (exact) mass is 591 g/mol. The topological polar surface area (TPSA) is 105 Å². The van der Waals surface area contributed by atoms with E-state index in [1.54, 1.807) is 29.2 Å². The van der Waals surface area contributed by atoms with Crippen LogP contribution in [0.4, 0.5) is 5.69 Å². The van der Waals surface area contributed by atoms with Crippen molar-refractivity contribution in [2.45, 2.75) is 76.9 Å². The molecule has 0 radical (unpaired) electrons. The standard InChI is InChI=1S/C29H38ClN3O6S/c1-3-25(29(35)31-22-11-5-4-6-12-22)32(19-21-10-7-8-13-24(21)30)28(34)14-9-17-33(40(2,36)37)23-15-16-26-27(18-23)39-20-38-26/h7-8,10,13,15-16,18,22,25H,3-6,9,11-12,14,17,19-20H2,1-2H3,(H,31,35). The number of benzene rings is 2. The van der Waals surface area contributed by atoms with Crippen LogP contribution in [0.25, 0.3) is 0 Å². The highest BCUT2D eigenvalue weighted by atomic mass is 35.5. The number of amides is 2. The summed E-state index contributed by atoms with van der Waals surface area (Å²) in [5, 5.41) is 3.69. The van der Waals surface area contributed by atoms with Gasteiger partial charge in [0, 0.05) is 36.6 Å². The zero-order valence-corrected chi connectivity index (χ0v) is 24.7. The lowest BCUT2D eigenvalue weighted by atomic mass is 9.95. The molecule has 1 fully saturated rings. The van der Waals surface area contributed by atoms with Gasteiger partial charge in [-0.25, -0.2) is 8.42 Å². The fourth-order valence-electron chi connectivity index (χ4n) is 5.32. The largest absolute Gasteiger partial charge is 0.454 e. The summed E-state index contributed by atoms with van der Waals surface area (Å²) in [4.78, 5) is 28.7. The summed E-state index contributed by atoms with van der Waals surface area (Å²) < 4.78 is 37.3. The highest BCUT2D eigenvalue weighted by molar-refractivity contribution is 7.92. The Hall–Kier alpha value is -2.98. The first-order valence-corrected chi connectivity index (χ1v) is 16.1. The highest BCUT2D eigenvalue weighted by Gasteiger charge is 2.31. The van der Waals surface area contributed by atoms with E-state index in [-0.39, 0.29) is 50.6 Å². The first-order valence-electron chi connectivity index (χ1n) is 13.9. The van der Waals surface area contributed by atoms with Crippen LogP contribution in [0.15, 0.2) is 42.5 Å². The van der Waals surface area contributed by atoms with Crippen LogP contribution in [0, 0.1) is 0 Å². The Bertz CT molecular complexity index is 1300. The maximum atomic E-state index is 13.7. The average molecular weight is 592 g/mol. The van der Waals surface area contributed by atoms with Crippen molar-refractivity contribution in [2.24, 2.45) is 0 Å². The van der Waals surface area contributed by atoms with Gasteiger partial charge in [-0.3, -0.25) is 13.9 Å². The molecule has 0 bridgehead atoms. The second-order valence-electron chi connectivity index (χ2n) is 10.4. The van der Waals surface area contributed by atoms with Crippen molar-refractivity contribution in [1.29, 1.82) is 0 Å². The van der Waals surface area contributed by atoms with Crippen LogP contribution in [0.2, 0.25) is 5.02 Å². The molecule has 218 valence electrons. The molecule has 2 aromatic rings. The molecule has 0 spiro atoms. The predicted octanol–water partition coefficient (Wildman–Crippen LogP) is 4.87. The minimum atomic E-state index is -3.63. The summed E-state index contributed by atoms with van der Waals surface area (Å²) in [6, 6.07) is 11.7. The Morgan fingerprint density at radius 1 is 1.07 bits per heavy atom. The fraction of sp³-hybridized carbons (Fsp3) is 0.517. The third-order valence-electron chi connectivity index (χ3n) is 7.43. The van der Waals surface area contributed by atoms with Gasteiger partial charge < -0.3 is 19.7 Å². The van der Waals surface area contributed by atoms with E-state index in [4.69, 9.17) is 21.1 Å². The van der Waals surface area contributed by atoms with E-state index in [0.717, 1.165) is 37.5 Å². The predicted molar refractivity (Wildman–Crippen MR) is 155 cm³/mol. The average Bonchev–Trinajstić information content (AvgIpc) is 3.40. The van der Waals surface area contributed by atoms with Crippen LogP contribution in [0.3, 0.4) is 0 Å². The normalized spacial score (nSPS) is 15.9. The quantitative estimate of drug-likeness (QED) is 0.377. The Morgan fingerprint density at radius 3 is 2.50 bits per heavy atom. The van der Waals surface area contributed by atoms with Gasteiger partial charge in [0.1, 0.15) is 6.04 Å². The van der Waals surface area contributed by atoms with Crippen LogP contribution in [-0.4, -0.2) is 56.8 Å². The van der Waals surface area contributed by atoms with Gasteiger partial charge in [0.25, 0.3) is 0 Å². The van der Waals surface area contributed by atoms with Crippen molar-refractivity contribution in [3.8, 4) is 11.5 Å². The minimum Gasteiger partial charge on any atom is -0.454 e. The molecule has 2 aliphatic rings. The van der Waals surface area contributed by atoms with Crippen LogP contribution in [-0.2, 0) is 26.2 Å². The summed E-state index contributed by atoms with van der Waals surface area (Å²) in [5.41, 5.74) is 1.19. The number of fused-ring (bicyclic) bond motifs is 1. The van der Waals surface area contributed by atoms with Gasteiger partial charge in [0.05, 0.1) is 11.9 Å². The number of hydrogen-bond acceptors (Lipinski definition) is 6. The van der Waals surface area contributed by atoms with E-state index in [1.165, 1.54) is 10.7 Å². The van der Waals surface area contributed by atoms with Crippen molar-refractivity contribution in [1.82, 2.24) is 10.2 Å². The van der Waals surface area contributed by atoms with Gasteiger partial charge in [-0.2, -0.15) is 0 Å². The van der Waals surface area contributed by atoms with Gasteiger partial charge in [0.15, 0.2) is 11.5 Å². The second-order valence-corrected chi connectivity index (χ2v) is 12.7. The van der Waals surface area contributed by atoms with E-state index < -0.39 is 16.1 Å². The minimum absolute atomic E-state index is 0.0637. The third kappa shape index (κ3) is 7.60. The van der Waals surface area contributed by atoms with Crippen molar-refractivity contribution < 1.29 is 27.5 Å². The molecular weight excluding hydrogens is 554 g/mol. The molecule has 1 aliphatic heterocycles. The molecule has 9 nitrogen and oxygen atoms in total. The Balaban J connectivity index is 1.48. The molecule has 1 heterocycles. The van der Waals surface area contributed by atoms with E-state index in [1.807, 2.05) is 25.1 Å². The van der Waals surface area contributed by atoms with Gasteiger partial charge in [-0.15, -0.1) is 0 Å². The van der Waals surface area contributed by atoms with E-state index in [2.05, 4.69) is 5.32 Å². The molecule has 0 aromatic heterocycles. The number of anilines is 1. The number of carbonyl (C=O) groups excluding carboxylic acids is 2. The number of nitrogens with zero attached hydrogens (tertiary/aromatic N) is 2. The van der Waals surface area contributed by atoms with Crippen LogP contribution >= 0.6 is 11.6 Å². The van der Waals surface area contributed by atoms with Gasteiger partial charge in [0.2, 0.25) is 28.6 Å². The van der Waals surface area contributed by atoms with Crippen molar-refractivity contribution in [3.63, 3.8) is 0 Å². The Morgan fingerprint density at radius 2 is 1.80 bits per heavy atom. The molecule has 40 heavy (non-hydrogen) atoms. The number of rotatable bonds is 12. The zero-order chi connectivity index (χ0) is 28.7. The molecule has 1 saturated carbocycles. The molecule has 4 rings (SSSR count). The lowest BCUT2D eigenvalue weighted by molar-refractivity contribution is -0.141. The van der Waals surface area contributed by atoms with E-state index >= 15 is 0 Å². The summed E-state index contributed by atoms with van der Waals surface area (Å²) >= 11 is 6.43. The summed E-state index contributed by atoms with van der Waals surface area (Å²) in [6.07, 6.45) is 7.15. The van der Waals surface area contributed by atoms with Gasteiger partial charge in [-0.1, -0.05) is 56.0 Å². The SMILES string of the molecule is CCC(C(=O)NC1CCCCC1)N(Cc1ccccc1Cl)C(=O)CCCN(c1ccc2c(c1)OCO2)S(C)(=O)=O. The number of sulfonamides is 1. The van der Waals surface area contributed by atoms with E-state index in [0.29, 0.717) is 28.6 Å². The van der Waals surface area contributed by atoms with Crippen molar-refractivity contribution >= 4 is 39.1 Å². The van der Waals surface area contributed by atoms with Crippen LogP contribution < -0.4 is 19.1 Å². The number of carbonyl (C=O) groups is 2. The number of halogens is 1. The molecule has 11 heteroatoms. The molecule has 2 amide bonds. The fourth-order valence-corrected chi connectivity index (χ4v) is 6.47. The summed E-state index contributed by atoms with van der Waals surface area (Å²) in [7, 11) is -3.63. The molecule has 1 aliphatic carbocycles. The first kappa shape index (κ1) is 30.0. The second kappa shape index (κ2) is 13.6. The lowest BCUT2D eigenvalue weighted by Gasteiger charge is -2.33. The van der Waals surface area contributed by atoms with Crippen molar-refractivity contribution in [2.75, 3.05) is 23.9 Å². The first-order chi connectivity index (χ1) is 19.2. The summed E-state index contributed by atoms with van der Waals surface area (Å²) in [5.74, 6) is 0.639. The lowest BCUT2D eigenvalue weighted by Crippen LogP contribution is -2.51. The molecule has 2 aromatic carbocycles. The van der Waals surface area contributed by atoms with Crippen molar-refractivity contribution in [3.05, 3.63) is 53.1 Å². The molecule has 1 atom stereocenters. The number of nitrogens with one attached hydrogen (secondary N) is 1. The molecule has 1 N–H and O–H groups in total. The van der Waals surface area contributed by atoms with Gasteiger partial charge in [-0.05, 0) is 49.4 Å². The zero-order valence-electron chi connectivity index (χ0n) is 23.1. The van der Waals surface area contributed by atoms with E-state index in [9.17, 15) is 18.0 Å². The Labute approximate surface area is 241 Å². The molecular formula is C29H38ClN3O6S. The maximum absolute atomic E-state index is 13.7. The Kier molecular flexibility index (Phi) is 10.2. The summed E-state index contributed by atoms with van der Waals surface area (Å²) in [6.45, 7) is 2.26. The molecule has 0 saturated heterocycles. The maximum Gasteiger partial charge on any atom is 0.243 e.